The molecule has 0 unspecified atom stereocenters. The quantitative estimate of drug-likeness (QED) is 0.728. The van der Waals surface area contributed by atoms with E-state index >= 15 is 0 Å². The lowest BCUT2D eigenvalue weighted by Gasteiger charge is -1.99. The van der Waals surface area contributed by atoms with Gasteiger partial charge in [0, 0.05) is 17.2 Å². The molecule has 0 radical (unpaired) electrons. The Labute approximate surface area is 76.2 Å². The Balaban J connectivity index is 2.53. The van der Waals surface area contributed by atoms with E-state index in [-0.39, 0.29) is 6.67 Å². The molecule has 0 atom stereocenters. The van der Waals surface area contributed by atoms with Gasteiger partial charge in [-0.2, -0.15) is 0 Å². The first-order valence-corrected chi connectivity index (χ1v) is 4.83. The third-order valence-electron chi connectivity index (χ3n) is 1.50. The van der Waals surface area contributed by atoms with Crippen LogP contribution >= 0.6 is 11.8 Å². The van der Waals surface area contributed by atoms with Gasteiger partial charge in [-0.1, -0.05) is 12.1 Å². The van der Waals surface area contributed by atoms with Crippen molar-refractivity contribution in [2.45, 2.75) is 11.4 Å². The number of benzene rings is 1. The number of nitrogens with two attached hydrogens (primary N) is 1. The van der Waals surface area contributed by atoms with Crippen molar-refractivity contribution in [3.05, 3.63) is 29.8 Å². The SMILES string of the molecule is NCc1ccc(SCCF)cc1. The lowest BCUT2D eigenvalue weighted by molar-refractivity contribution is 0.533. The highest BCUT2D eigenvalue weighted by Crippen LogP contribution is 2.17. The van der Waals surface area contributed by atoms with Crippen molar-refractivity contribution >= 4 is 11.8 Å². The highest BCUT2D eigenvalue weighted by atomic mass is 32.2. The van der Waals surface area contributed by atoms with E-state index in [1.54, 1.807) is 0 Å². The van der Waals surface area contributed by atoms with Crippen LogP contribution < -0.4 is 5.73 Å². The maximum atomic E-state index is 11.8. The van der Waals surface area contributed by atoms with Gasteiger partial charge < -0.3 is 5.73 Å². The van der Waals surface area contributed by atoms with Gasteiger partial charge in [0.25, 0.3) is 0 Å². The highest BCUT2D eigenvalue weighted by Gasteiger charge is 1.93. The number of alkyl halides is 1. The minimum atomic E-state index is -0.274. The van der Waals surface area contributed by atoms with Crippen LogP contribution in [-0.2, 0) is 6.54 Å². The molecule has 3 heteroatoms. The molecule has 1 rings (SSSR count). The number of hydrogen-bond donors (Lipinski definition) is 1. The number of halogens is 1. The second-order valence-corrected chi connectivity index (χ2v) is 3.55. The molecule has 0 fully saturated rings. The third-order valence-corrected chi connectivity index (χ3v) is 2.47. The minimum absolute atomic E-state index is 0.274. The second-order valence-electron chi connectivity index (χ2n) is 2.39. The summed E-state index contributed by atoms with van der Waals surface area (Å²) in [5, 5.41) is 0. The number of thioether (sulfide) groups is 1. The summed E-state index contributed by atoms with van der Waals surface area (Å²) in [6.07, 6.45) is 0. The smallest absolute Gasteiger partial charge is 0.0988 e. The van der Waals surface area contributed by atoms with E-state index in [9.17, 15) is 4.39 Å². The molecule has 0 aliphatic rings. The fraction of sp³-hybridized carbons (Fsp3) is 0.333. The molecule has 0 saturated carbocycles. The van der Waals surface area contributed by atoms with E-state index in [0.29, 0.717) is 12.3 Å². The molecule has 0 aliphatic carbocycles. The molecule has 0 heterocycles. The zero-order valence-electron chi connectivity index (χ0n) is 6.79. The summed E-state index contributed by atoms with van der Waals surface area (Å²) in [6.45, 7) is 0.289. The van der Waals surface area contributed by atoms with Crippen LogP contribution in [0.3, 0.4) is 0 Å². The topological polar surface area (TPSA) is 26.0 Å². The van der Waals surface area contributed by atoms with Gasteiger partial charge in [-0.15, -0.1) is 11.8 Å². The summed E-state index contributed by atoms with van der Waals surface area (Å²) in [5.74, 6) is 0.530. The van der Waals surface area contributed by atoms with Crippen LogP contribution in [0.15, 0.2) is 29.2 Å². The molecule has 0 aromatic heterocycles. The Bertz CT molecular complexity index is 222. The first-order chi connectivity index (χ1) is 5.86. The summed E-state index contributed by atoms with van der Waals surface area (Å²) in [7, 11) is 0. The van der Waals surface area contributed by atoms with Crippen molar-refractivity contribution in [2.75, 3.05) is 12.4 Å². The normalized spacial score (nSPS) is 10.2. The molecule has 12 heavy (non-hydrogen) atoms. The lowest BCUT2D eigenvalue weighted by atomic mass is 10.2. The van der Waals surface area contributed by atoms with Gasteiger partial charge in [0.15, 0.2) is 0 Å². The van der Waals surface area contributed by atoms with Crippen LogP contribution in [0.25, 0.3) is 0 Å². The number of rotatable bonds is 4. The second kappa shape index (κ2) is 5.17. The zero-order valence-corrected chi connectivity index (χ0v) is 7.61. The largest absolute Gasteiger partial charge is 0.326 e. The third kappa shape index (κ3) is 2.83. The average molecular weight is 185 g/mol. The van der Waals surface area contributed by atoms with Crippen molar-refractivity contribution in [3.8, 4) is 0 Å². The van der Waals surface area contributed by atoms with Crippen molar-refractivity contribution < 1.29 is 4.39 Å². The standard InChI is InChI=1S/C9H12FNS/c10-5-6-12-9-3-1-8(7-11)2-4-9/h1-4H,5-7,11H2. The van der Waals surface area contributed by atoms with Gasteiger partial charge in [-0.05, 0) is 17.7 Å². The van der Waals surface area contributed by atoms with Crippen LogP contribution in [0.4, 0.5) is 4.39 Å². The molecule has 0 amide bonds. The van der Waals surface area contributed by atoms with Gasteiger partial charge >= 0.3 is 0 Å². The first kappa shape index (κ1) is 9.55. The maximum absolute atomic E-state index is 11.8. The predicted octanol–water partition coefficient (Wildman–Crippen LogP) is 2.21. The Morgan fingerprint density at radius 1 is 1.25 bits per heavy atom. The van der Waals surface area contributed by atoms with Crippen LogP contribution in [0.2, 0.25) is 0 Å². The lowest BCUT2D eigenvalue weighted by Crippen LogP contribution is -1.95. The van der Waals surface area contributed by atoms with E-state index < -0.39 is 0 Å². The highest BCUT2D eigenvalue weighted by molar-refractivity contribution is 7.99. The molecule has 0 aliphatic heterocycles. The molecule has 66 valence electrons. The van der Waals surface area contributed by atoms with Crippen molar-refractivity contribution in [3.63, 3.8) is 0 Å². The molecule has 1 aromatic carbocycles. The molecule has 1 aromatic rings. The Kier molecular flexibility index (Phi) is 4.11. The van der Waals surface area contributed by atoms with E-state index in [2.05, 4.69) is 0 Å². The van der Waals surface area contributed by atoms with Crippen LogP contribution in [0, 0.1) is 0 Å². The molecule has 0 spiro atoms. The summed E-state index contributed by atoms with van der Waals surface area (Å²) >= 11 is 1.52. The first-order valence-electron chi connectivity index (χ1n) is 3.84. The molecule has 2 N–H and O–H groups in total. The summed E-state index contributed by atoms with van der Waals surface area (Å²) in [4.78, 5) is 1.10. The Morgan fingerprint density at radius 3 is 2.42 bits per heavy atom. The summed E-state index contributed by atoms with van der Waals surface area (Å²) in [5.41, 5.74) is 6.54. The van der Waals surface area contributed by atoms with Crippen molar-refractivity contribution in [1.29, 1.82) is 0 Å². The summed E-state index contributed by atoms with van der Waals surface area (Å²) in [6, 6.07) is 7.90. The van der Waals surface area contributed by atoms with E-state index in [4.69, 9.17) is 5.73 Å². The van der Waals surface area contributed by atoms with Gasteiger partial charge in [-0.3, -0.25) is 4.39 Å². The molecule has 1 nitrogen and oxygen atoms in total. The molecular formula is C9H12FNS. The molecule has 0 saturated heterocycles. The predicted molar refractivity (Wildman–Crippen MR) is 51.0 cm³/mol. The van der Waals surface area contributed by atoms with Gasteiger partial charge in [0.05, 0.1) is 6.67 Å². The van der Waals surface area contributed by atoms with Gasteiger partial charge in [0.2, 0.25) is 0 Å². The average Bonchev–Trinajstić information content (AvgIpc) is 2.15. The van der Waals surface area contributed by atoms with Crippen molar-refractivity contribution in [2.24, 2.45) is 5.73 Å². The minimum Gasteiger partial charge on any atom is -0.326 e. The molecular weight excluding hydrogens is 173 g/mol. The zero-order chi connectivity index (χ0) is 8.81. The monoisotopic (exact) mass is 185 g/mol. The number of hydrogen-bond acceptors (Lipinski definition) is 2. The fourth-order valence-corrected chi connectivity index (χ4v) is 1.52. The van der Waals surface area contributed by atoms with Gasteiger partial charge in [0.1, 0.15) is 0 Å². The molecule has 0 bridgehead atoms. The van der Waals surface area contributed by atoms with E-state index in [1.807, 2.05) is 24.3 Å². The van der Waals surface area contributed by atoms with E-state index in [1.165, 1.54) is 11.8 Å². The maximum Gasteiger partial charge on any atom is 0.0988 e. The van der Waals surface area contributed by atoms with Gasteiger partial charge in [-0.25, -0.2) is 0 Å². The Morgan fingerprint density at radius 2 is 1.92 bits per heavy atom. The van der Waals surface area contributed by atoms with E-state index in [0.717, 1.165) is 10.5 Å². The van der Waals surface area contributed by atoms with Crippen LogP contribution in [-0.4, -0.2) is 12.4 Å². The Hall–Kier alpha value is -0.540. The fourth-order valence-electron chi connectivity index (χ4n) is 0.878. The van der Waals surface area contributed by atoms with Crippen molar-refractivity contribution in [1.82, 2.24) is 0 Å². The summed E-state index contributed by atoms with van der Waals surface area (Å²) < 4.78 is 11.8. The van der Waals surface area contributed by atoms with Crippen LogP contribution in [0.5, 0.6) is 0 Å². The van der Waals surface area contributed by atoms with Crippen LogP contribution in [0.1, 0.15) is 5.56 Å².